The number of benzene rings is 1. The van der Waals surface area contributed by atoms with Gasteiger partial charge in [-0.05, 0) is 25.1 Å². The molecular weight excluding hydrogens is 242 g/mol. The van der Waals surface area contributed by atoms with Gasteiger partial charge in [-0.25, -0.2) is 4.98 Å². The first kappa shape index (κ1) is 12.9. The van der Waals surface area contributed by atoms with Crippen molar-refractivity contribution in [2.45, 2.75) is 13.5 Å². The van der Waals surface area contributed by atoms with Crippen LogP contribution in [0.1, 0.15) is 23.1 Å². The van der Waals surface area contributed by atoms with E-state index in [4.69, 9.17) is 5.73 Å². The van der Waals surface area contributed by atoms with Gasteiger partial charge in [-0.2, -0.15) is 0 Å². The number of amides is 1. The number of nitrogen functional groups attached to an aromatic ring is 1. The van der Waals surface area contributed by atoms with Gasteiger partial charge in [0, 0.05) is 30.3 Å². The molecule has 0 aliphatic carbocycles. The lowest BCUT2D eigenvalue weighted by atomic mass is 10.1. The molecule has 1 aromatic heterocycles. The van der Waals surface area contributed by atoms with Crippen molar-refractivity contribution in [1.29, 1.82) is 0 Å². The fourth-order valence-electron chi connectivity index (χ4n) is 1.74. The Labute approximate surface area is 111 Å². The Morgan fingerprint density at radius 1 is 1.47 bits per heavy atom. The summed E-state index contributed by atoms with van der Waals surface area (Å²) in [6.07, 6.45) is 3.43. The minimum atomic E-state index is -0.121. The number of aromatic nitrogens is 2. The molecule has 1 aromatic carbocycles. The summed E-state index contributed by atoms with van der Waals surface area (Å²) in [6, 6.07) is 5.17. The molecule has 1 heterocycles. The van der Waals surface area contributed by atoms with E-state index in [1.165, 1.54) is 0 Å². The molecule has 0 spiro atoms. The van der Waals surface area contributed by atoms with Gasteiger partial charge in [-0.1, -0.05) is 0 Å². The van der Waals surface area contributed by atoms with Gasteiger partial charge in [0.05, 0.1) is 12.1 Å². The molecule has 2 aromatic rings. The van der Waals surface area contributed by atoms with Crippen molar-refractivity contribution < 1.29 is 4.79 Å². The highest BCUT2D eigenvalue weighted by Gasteiger charge is 2.11. The number of carbonyl (C=O) groups is 1. The van der Waals surface area contributed by atoms with Crippen molar-refractivity contribution in [3.05, 3.63) is 42.0 Å². The second-order valence-electron chi connectivity index (χ2n) is 4.05. The maximum Gasteiger partial charge on any atom is 0.253 e. The number of hydrogen-bond acceptors (Lipinski definition) is 4. The first-order valence-corrected chi connectivity index (χ1v) is 6.10. The van der Waals surface area contributed by atoms with Crippen LogP contribution in [0.15, 0.2) is 30.6 Å². The van der Waals surface area contributed by atoms with Crippen LogP contribution < -0.4 is 16.4 Å². The van der Waals surface area contributed by atoms with E-state index in [9.17, 15) is 4.79 Å². The number of carbonyl (C=O) groups excluding carboxylic acids is 1. The van der Waals surface area contributed by atoms with Gasteiger partial charge < -0.3 is 21.4 Å². The summed E-state index contributed by atoms with van der Waals surface area (Å²) in [5, 5.41) is 5.93. The average molecular weight is 259 g/mol. The van der Waals surface area contributed by atoms with Gasteiger partial charge in [0.1, 0.15) is 5.82 Å². The zero-order chi connectivity index (χ0) is 13.7. The zero-order valence-electron chi connectivity index (χ0n) is 10.7. The summed E-state index contributed by atoms with van der Waals surface area (Å²) in [7, 11) is 0. The number of hydrogen-bond donors (Lipinski definition) is 4. The second kappa shape index (κ2) is 5.90. The Balaban J connectivity index is 2.17. The minimum Gasteiger partial charge on any atom is -0.399 e. The molecule has 5 N–H and O–H groups in total. The number of imidazole rings is 1. The SMILES string of the molecule is CCNC(=O)c1ccc(N)cc1NCc1ncc[nH]1. The van der Waals surface area contributed by atoms with Gasteiger partial charge in [-0.3, -0.25) is 4.79 Å². The average Bonchev–Trinajstić information content (AvgIpc) is 2.89. The molecule has 0 saturated heterocycles. The number of aromatic amines is 1. The Hall–Kier alpha value is -2.50. The predicted molar refractivity (Wildman–Crippen MR) is 74.8 cm³/mol. The molecule has 6 heteroatoms. The first-order valence-electron chi connectivity index (χ1n) is 6.10. The van der Waals surface area contributed by atoms with Crippen LogP contribution in [-0.2, 0) is 6.54 Å². The summed E-state index contributed by atoms with van der Waals surface area (Å²) in [5.74, 6) is 0.675. The molecule has 19 heavy (non-hydrogen) atoms. The molecule has 2 rings (SSSR count). The van der Waals surface area contributed by atoms with Crippen molar-refractivity contribution in [1.82, 2.24) is 15.3 Å². The smallest absolute Gasteiger partial charge is 0.253 e. The van der Waals surface area contributed by atoms with Crippen LogP contribution in [0.3, 0.4) is 0 Å². The maximum absolute atomic E-state index is 11.9. The van der Waals surface area contributed by atoms with Gasteiger partial charge in [0.15, 0.2) is 0 Å². The summed E-state index contributed by atoms with van der Waals surface area (Å²) in [6.45, 7) is 2.97. The van der Waals surface area contributed by atoms with Crippen molar-refractivity contribution >= 4 is 17.3 Å². The Bertz CT molecular complexity index is 550. The lowest BCUT2D eigenvalue weighted by molar-refractivity contribution is 0.0956. The van der Waals surface area contributed by atoms with E-state index < -0.39 is 0 Å². The molecule has 0 aliphatic heterocycles. The number of H-pyrrole nitrogens is 1. The van der Waals surface area contributed by atoms with Crippen LogP contribution in [0.2, 0.25) is 0 Å². The number of rotatable bonds is 5. The van der Waals surface area contributed by atoms with Crippen molar-refractivity contribution in [2.24, 2.45) is 0 Å². The Morgan fingerprint density at radius 3 is 3.00 bits per heavy atom. The quantitative estimate of drug-likeness (QED) is 0.609. The lowest BCUT2D eigenvalue weighted by Gasteiger charge is -2.11. The van der Waals surface area contributed by atoms with Crippen molar-refractivity contribution in [2.75, 3.05) is 17.6 Å². The van der Waals surface area contributed by atoms with Gasteiger partial charge in [0.2, 0.25) is 0 Å². The van der Waals surface area contributed by atoms with Crippen LogP contribution >= 0.6 is 0 Å². The highest BCUT2D eigenvalue weighted by atomic mass is 16.1. The molecule has 0 aliphatic rings. The van der Waals surface area contributed by atoms with Gasteiger partial charge in [0.25, 0.3) is 5.91 Å². The molecule has 1 amide bonds. The Kier molecular flexibility index (Phi) is 4.02. The third-order valence-electron chi connectivity index (χ3n) is 2.63. The number of nitrogens with two attached hydrogens (primary N) is 1. The van der Waals surface area contributed by atoms with Crippen LogP contribution in [0, 0.1) is 0 Å². The molecule has 0 unspecified atom stereocenters. The summed E-state index contributed by atoms with van der Waals surface area (Å²) >= 11 is 0. The van der Waals surface area contributed by atoms with E-state index in [1.807, 2.05) is 6.92 Å². The van der Waals surface area contributed by atoms with Crippen molar-refractivity contribution in [3.63, 3.8) is 0 Å². The molecule has 0 fully saturated rings. The molecule has 0 saturated carbocycles. The van der Waals surface area contributed by atoms with Crippen molar-refractivity contribution in [3.8, 4) is 0 Å². The van der Waals surface area contributed by atoms with Crippen LogP contribution in [0.25, 0.3) is 0 Å². The highest BCUT2D eigenvalue weighted by Crippen LogP contribution is 2.19. The lowest BCUT2D eigenvalue weighted by Crippen LogP contribution is -2.24. The highest BCUT2D eigenvalue weighted by molar-refractivity contribution is 6.00. The summed E-state index contributed by atoms with van der Waals surface area (Å²) < 4.78 is 0. The normalized spacial score (nSPS) is 10.2. The molecule has 6 nitrogen and oxygen atoms in total. The topological polar surface area (TPSA) is 95.8 Å². The third kappa shape index (κ3) is 3.25. The van der Waals surface area contributed by atoms with E-state index in [0.717, 1.165) is 5.82 Å². The van der Waals surface area contributed by atoms with E-state index >= 15 is 0 Å². The fourth-order valence-corrected chi connectivity index (χ4v) is 1.74. The molecule has 0 atom stereocenters. The Morgan fingerprint density at radius 2 is 2.32 bits per heavy atom. The summed E-state index contributed by atoms with van der Waals surface area (Å²) in [5.41, 5.74) is 7.63. The number of nitrogens with zero attached hydrogens (tertiary/aromatic N) is 1. The van der Waals surface area contributed by atoms with E-state index in [-0.39, 0.29) is 5.91 Å². The second-order valence-corrected chi connectivity index (χ2v) is 4.05. The fraction of sp³-hybridized carbons (Fsp3) is 0.231. The van der Waals surface area contributed by atoms with Crippen LogP contribution in [-0.4, -0.2) is 22.4 Å². The van der Waals surface area contributed by atoms with E-state index in [0.29, 0.717) is 30.0 Å². The predicted octanol–water partition coefficient (Wildman–Crippen LogP) is 1.35. The molecule has 0 radical (unpaired) electrons. The van der Waals surface area contributed by atoms with E-state index in [2.05, 4.69) is 20.6 Å². The zero-order valence-corrected chi connectivity index (χ0v) is 10.7. The minimum absolute atomic E-state index is 0.121. The molecule has 100 valence electrons. The standard InChI is InChI=1S/C13H17N5O/c1-2-15-13(19)10-4-3-9(14)7-11(10)18-8-12-16-5-6-17-12/h3-7,18H,2,8,14H2,1H3,(H,15,19)(H,16,17). The number of nitrogens with one attached hydrogen (secondary N) is 3. The van der Waals surface area contributed by atoms with E-state index in [1.54, 1.807) is 30.6 Å². The van der Waals surface area contributed by atoms with Crippen LogP contribution in [0.5, 0.6) is 0 Å². The monoisotopic (exact) mass is 259 g/mol. The number of anilines is 2. The van der Waals surface area contributed by atoms with Crippen LogP contribution in [0.4, 0.5) is 11.4 Å². The third-order valence-corrected chi connectivity index (χ3v) is 2.63. The van der Waals surface area contributed by atoms with Gasteiger partial charge >= 0.3 is 0 Å². The van der Waals surface area contributed by atoms with Gasteiger partial charge in [-0.15, -0.1) is 0 Å². The molecular formula is C13H17N5O. The maximum atomic E-state index is 11.9. The molecule has 0 bridgehead atoms. The summed E-state index contributed by atoms with van der Waals surface area (Å²) in [4.78, 5) is 19.0. The first-order chi connectivity index (χ1) is 9.20. The largest absolute Gasteiger partial charge is 0.399 e.